The van der Waals surface area contributed by atoms with E-state index in [2.05, 4.69) is 106 Å². The first-order chi connectivity index (χ1) is 30.5. The van der Waals surface area contributed by atoms with Gasteiger partial charge in [0.1, 0.15) is 13.2 Å². The Bertz CT molecular complexity index is 1220. The second-order valence-corrected chi connectivity index (χ2v) is 16.7. The molecule has 0 aliphatic rings. The molecule has 0 aliphatic heterocycles. The van der Waals surface area contributed by atoms with Crippen molar-refractivity contribution in [1.29, 1.82) is 0 Å². The zero-order valence-corrected chi connectivity index (χ0v) is 40.4. The Balaban J connectivity index is 4.43. The van der Waals surface area contributed by atoms with Gasteiger partial charge in [0.25, 0.3) is 0 Å². The van der Waals surface area contributed by atoms with Gasteiger partial charge in [0.2, 0.25) is 0 Å². The summed E-state index contributed by atoms with van der Waals surface area (Å²) < 4.78 is 16.7. The molecule has 62 heavy (non-hydrogen) atoms. The molecule has 0 aromatic heterocycles. The van der Waals surface area contributed by atoms with Gasteiger partial charge in [-0.25, -0.2) is 0 Å². The average molecular weight is 863 g/mol. The van der Waals surface area contributed by atoms with E-state index in [0.717, 1.165) is 116 Å². The Morgan fingerprint density at radius 3 is 1.06 bits per heavy atom. The summed E-state index contributed by atoms with van der Waals surface area (Å²) >= 11 is 0. The highest BCUT2D eigenvalue weighted by molar-refractivity contribution is 5.71. The van der Waals surface area contributed by atoms with Crippen molar-refractivity contribution >= 4 is 17.9 Å². The van der Waals surface area contributed by atoms with Gasteiger partial charge in [-0.2, -0.15) is 0 Å². The van der Waals surface area contributed by atoms with E-state index in [1.807, 2.05) is 0 Å². The largest absolute Gasteiger partial charge is 0.462 e. The molecular weight excluding hydrogens is 769 g/mol. The fourth-order valence-electron chi connectivity index (χ4n) is 6.74. The molecule has 0 amide bonds. The van der Waals surface area contributed by atoms with Crippen LogP contribution in [-0.4, -0.2) is 37.2 Å². The van der Waals surface area contributed by atoms with Gasteiger partial charge >= 0.3 is 17.9 Å². The van der Waals surface area contributed by atoms with Gasteiger partial charge in [0.15, 0.2) is 6.10 Å². The molecule has 354 valence electrons. The quantitative estimate of drug-likeness (QED) is 0.0263. The fourth-order valence-corrected chi connectivity index (χ4v) is 6.74. The maximum absolute atomic E-state index is 12.8. The summed E-state index contributed by atoms with van der Waals surface area (Å²) in [4.78, 5) is 37.9. The lowest BCUT2D eigenvalue weighted by molar-refractivity contribution is -0.167. The molecule has 0 saturated carbocycles. The Morgan fingerprint density at radius 2 is 0.645 bits per heavy atom. The summed E-state index contributed by atoms with van der Waals surface area (Å²) in [7, 11) is 0. The molecule has 6 heteroatoms. The third-order valence-corrected chi connectivity index (χ3v) is 10.6. The Kier molecular flexibility index (Phi) is 47.5. The summed E-state index contributed by atoms with van der Waals surface area (Å²) in [6, 6.07) is 0. The van der Waals surface area contributed by atoms with Crippen LogP contribution in [0.5, 0.6) is 0 Å². The lowest BCUT2D eigenvalue weighted by atomic mass is 10.1. The van der Waals surface area contributed by atoms with Crippen LogP contribution in [0.25, 0.3) is 0 Å². The van der Waals surface area contributed by atoms with Crippen LogP contribution in [0, 0.1) is 0 Å². The molecule has 0 saturated heterocycles. The molecule has 0 aromatic rings. The highest BCUT2D eigenvalue weighted by atomic mass is 16.6. The first-order valence-corrected chi connectivity index (χ1v) is 25.6. The SMILES string of the molecule is CC/C=C\C/C=C\C/C=C\C/C=C\C/C=C\CCCCCC(=O)OCC(COC(=O)CCCCCC/C=C\CCCC)OC(=O)CCCCCCCCC/C=C\CCCCCC. The number of hydrogen-bond donors (Lipinski definition) is 0. The van der Waals surface area contributed by atoms with Gasteiger partial charge in [0.05, 0.1) is 0 Å². The van der Waals surface area contributed by atoms with Crippen LogP contribution < -0.4 is 0 Å². The highest BCUT2D eigenvalue weighted by Gasteiger charge is 2.19. The average Bonchev–Trinajstić information content (AvgIpc) is 3.27. The lowest BCUT2D eigenvalue weighted by Crippen LogP contribution is -2.30. The van der Waals surface area contributed by atoms with Gasteiger partial charge in [-0.3, -0.25) is 14.4 Å². The maximum Gasteiger partial charge on any atom is 0.306 e. The molecule has 0 spiro atoms. The summed E-state index contributed by atoms with van der Waals surface area (Å²) in [5.74, 6) is -0.948. The Labute approximate surface area is 382 Å². The Hall–Kier alpha value is -3.41. The second kappa shape index (κ2) is 50.2. The molecule has 0 heterocycles. The number of unbranched alkanes of at least 4 members (excludes halogenated alkanes) is 20. The number of allylic oxidation sites excluding steroid dienone is 14. The number of ether oxygens (including phenoxy) is 3. The van der Waals surface area contributed by atoms with E-state index >= 15 is 0 Å². The van der Waals surface area contributed by atoms with Crippen LogP contribution >= 0.6 is 0 Å². The molecule has 1 atom stereocenters. The summed E-state index contributed by atoms with van der Waals surface area (Å²) in [5, 5.41) is 0. The maximum atomic E-state index is 12.8. The number of hydrogen-bond acceptors (Lipinski definition) is 6. The molecule has 0 aromatic carbocycles. The van der Waals surface area contributed by atoms with Gasteiger partial charge in [-0.05, 0) is 109 Å². The first-order valence-electron chi connectivity index (χ1n) is 25.6. The van der Waals surface area contributed by atoms with Gasteiger partial charge < -0.3 is 14.2 Å². The third-order valence-electron chi connectivity index (χ3n) is 10.6. The smallest absolute Gasteiger partial charge is 0.306 e. The van der Waals surface area contributed by atoms with Gasteiger partial charge in [-0.1, -0.05) is 189 Å². The van der Waals surface area contributed by atoms with Crippen LogP contribution in [0.4, 0.5) is 0 Å². The van der Waals surface area contributed by atoms with Crippen LogP contribution in [0.3, 0.4) is 0 Å². The van der Waals surface area contributed by atoms with Crippen molar-refractivity contribution in [1.82, 2.24) is 0 Å². The summed E-state index contributed by atoms with van der Waals surface area (Å²) in [6.45, 7) is 6.42. The van der Waals surface area contributed by atoms with Crippen molar-refractivity contribution in [3.8, 4) is 0 Å². The van der Waals surface area contributed by atoms with Gasteiger partial charge in [-0.15, -0.1) is 0 Å². The van der Waals surface area contributed by atoms with Crippen molar-refractivity contribution < 1.29 is 28.6 Å². The minimum atomic E-state index is -0.796. The molecule has 0 rings (SSSR count). The zero-order valence-electron chi connectivity index (χ0n) is 40.4. The van der Waals surface area contributed by atoms with E-state index in [-0.39, 0.29) is 31.1 Å². The third kappa shape index (κ3) is 47.6. The van der Waals surface area contributed by atoms with Crippen LogP contribution in [0.15, 0.2) is 85.1 Å². The normalized spacial score (nSPS) is 12.8. The first kappa shape index (κ1) is 58.6. The van der Waals surface area contributed by atoms with Crippen molar-refractivity contribution in [3.05, 3.63) is 85.1 Å². The number of rotatable bonds is 45. The molecule has 1 unspecified atom stereocenters. The summed E-state index contributed by atoms with van der Waals surface area (Å²) in [6.07, 6.45) is 64.2. The van der Waals surface area contributed by atoms with Crippen molar-refractivity contribution in [3.63, 3.8) is 0 Å². The number of carbonyl (C=O) groups excluding carboxylic acids is 3. The number of carbonyl (C=O) groups is 3. The minimum absolute atomic E-state index is 0.0955. The molecule has 6 nitrogen and oxygen atoms in total. The van der Waals surface area contributed by atoms with Crippen molar-refractivity contribution in [2.45, 2.75) is 239 Å². The predicted octanol–water partition coefficient (Wildman–Crippen LogP) is 16.8. The van der Waals surface area contributed by atoms with Gasteiger partial charge in [0, 0.05) is 19.3 Å². The van der Waals surface area contributed by atoms with Crippen molar-refractivity contribution in [2.24, 2.45) is 0 Å². The molecule has 0 aliphatic carbocycles. The zero-order chi connectivity index (χ0) is 45.1. The molecule has 0 bridgehead atoms. The van der Waals surface area contributed by atoms with Crippen LogP contribution in [0.2, 0.25) is 0 Å². The second-order valence-electron chi connectivity index (χ2n) is 16.7. The summed E-state index contributed by atoms with van der Waals surface area (Å²) in [5.41, 5.74) is 0. The monoisotopic (exact) mass is 863 g/mol. The van der Waals surface area contributed by atoms with E-state index in [9.17, 15) is 14.4 Å². The molecule has 0 radical (unpaired) electrons. The molecule has 0 fully saturated rings. The fraction of sp³-hybridized carbons (Fsp3) is 0.696. The van der Waals surface area contributed by atoms with Crippen LogP contribution in [0.1, 0.15) is 233 Å². The van der Waals surface area contributed by atoms with E-state index in [1.165, 1.54) is 77.0 Å². The lowest BCUT2D eigenvalue weighted by Gasteiger charge is -2.18. The predicted molar refractivity (Wildman–Crippen MR) is 265 cm³/mol. The highest BCUT2D eigenvalue weighted by Crippen LogP contribution is 2.13. The van der Waals surface area contributed by atoms with E-state index < -0.39 is 6.10 Å². The standard InChI is InChI=1S/C56H94O6/c1-4-7-10-13-16-19-22-24-26-27-28-29-31-32-34-37-40-43-46-49-55(58)61-52-53(51-60-54(57)48-45-42-39-36-21-18-15-12-9-6-3)62-56(59)50-47-44-41-38-35-33-30-25-23-20-17-14-11-8-5-2/h7,10,15-16,18-20,23-24,26,28-29,32,34,53H,4-6,8-9,11-14,17,21-22,25,27,30-31,33,35-52H2,1-3H3/b10-7-,18-15-,19-16-,23-20-,26-24-,29-28-,34-32-. The topological polar surface area (TPSA) is 78.9 Å². The Morgan fingerprint density at radius 1 is 0.339 bits per heavy atom. The number of esters is 3. The van der Waals surface area contributed by atoms with Crippen molar-refractivity contribution in [2.75, 3.05) is 13.2 Å². The van der Waals surface area contributed by atoms with E-state index in [4.69, 9.17) is 14.2 Å². The van der Waals surface area contributed by atoms with E-state index in [1.54, 1.807) is 0 Å². The van der Waals surface area contributed by atoms with Crippen LogP contribution in [-0.2, 0) is 28.6 Å². The molecule has 0 N–H and O–H groups in total. The minimum Gasteiger partial charge on any atom is -0.462 e. The van der Waals surface area contributed by atoms with E-state index in [0.29, 0.717) is 19.3 Å². The molecular formula is C56H94O6.